The van der Waals surface area contributed by atoms with Crippen LogP contribution in [0, 0.1) is 0 Å². The van der Waals surface area contributed by atoms with E-state index in [-0.39, 0.29) is 0 Å². The summed E-state index contributed by atoms with van der Waals surface area (Å²) in [6.07, 6.45) is 3.49. The van der Waals surface area contributed by atoms with E-state index in [1.165, 1.54) is 4.91 Å². The summed E-state index contributed by atoms with van der Waals surface area (Å²) in [5, 5.41) is 16.0. The van der Waals surface area contributed by atoms with Crippen molar-refractivity contribution in [2.75, 3.05) is 7.11 Å². The lowest BCUT2D eigenvalue weighted by Crippen LogP contribution is -1.96. The summed E-state index contributed by atoms with van der Waals surface area (Å²) in [5.41, 5.74) is 0.949. The lowest BCUT2D eigenvalue weighted by Gasteiger charge is -1.98. The maximum atomic E-state index is 5.08. The van der Waals surface area contributed by atoms with Crippen LogP contribution < -0.4 is 4.74 Å². The average Bonchev–Trinajstić information content (AvgIpc) is 2.85. The molecule has 0 atom stereocenters. The highest BCUT2D eigenvalue weighted by Crippen LogP contribution is 2.09. The Labute approximate surface area is 105 Å². The fraction of sp³-hybridized carbons (Fsp3) is 0.333. The third-order valence-electron chi connectivity index (χ3n) is 2.34. The molecule has 0 aliphatic heterocycles. The largest absolute Gasteiger partial charge is 0.497 e. The van der Waals surface area contributed by atoms with E-state index in [2.05, 4.69) is 27.4 Å². The molecule has 0 saturated carbocycles. The first-order valence-electron chi connectivity index (χ1n) is 5.79. The number of ether oxygens (including phenoxy) is 1. The lowest BCUT2D eigenvalue weighted by atomic mass is 10.2. The zero-order chi connectivity index (χ0) is 12.8. The van der Waals surface area contributed by atoms with Gasteiger partial charge >= 0.3 is 0 Å². The Morgan fingerprint density at radius 1 is 1.33 bits per heavy atom. The molecular weight excluding hydrogens is 230 g/mol. The smallest absolute Gasteiger partial charge is 0.177 e. The van der Waals surface area contributed by atoms with E-state index in [0.29, 0.717) is 5.82 Å². The molecule has 6 nitrogen and oxygen atoms in total. The maximum absolute atomic E-state index is 5.08. The van der Waals surface area contributed by atoms with Gasteiger partial charge in [-0.3, -0.25) is 0 Å². The van der Waals surface area contributed by atoms with Crippen LogP contribution in [0.2, 0.25) is 0 Å². The SMILES string of the molecule is CCCc1nnn(N=Cc2ccc(OC)cc2)n1. The Balaban J connectivity index is 2.04. The Morgan fingerprint density at radius 2 is 2.11 bits per heavy atom. The molecular formula is C12H15N5O. The highest BCUT2D eigenvalue weighted by atomic mass is 16.5. The quantitative estimate of drug-likeness (QED) is 0.749. The van der Waals surface area contributed by atoms with Crippen LogP contribution in [0.15, 0.2) is 29.4 Å². The number of rotatable bonds is 5. The van der Waals surface area contributed by atoms with E-state index >= 15 is 0 Å². The van der Waals surface area contributed by atoms with Gasteiger partial charge in [0.2, 0.25) is 0 Å². The van der Waals surface area contributed by atoms with Crippen LogP contribution in [0.1, 0.15) is 24.7 Å². The second-order valence-electron chi connectivity index (χ2n) is 3.74. The number of nitrogens with zero attached hydrogens (tertiary/aromatic N) is 5. The van der Waals surface area contributed by atoms with Gasteiger partial charge in [-0.1, -0.05) is 6.92 Å². The molecule has 2 aromatic rings. The summed E-state index contributed by atoms with van der Waals surface area (Å²) in [6, 6.07) is 7.57. The number of hydrogen-bond donors (Lipinski definition) is 0. The monoisotopic (exact) mass is 245 g/mol. The summed E-state index contributed by atoms with van der Waals surface area (Å²) < 4.78 is 5.08. The van der Waals surface area contributed by atoms with Crippen molar-refractivity contribution in [3.05, 3.63) is 35.7 Å². The van der Waals surface area contributed by atoms with Crippen LogP contribution in [0.3, 0.4) is 0 Å². The summed E-state index contributed by atoms with van der Waals surface area (Å²) in [4.78, 5) is 1.23. The predicted octanol–water partition coefficient (Wildman–Crippen LogP) is 1.52. The number of benzene rings is 1. The first-order valence-corrected chi connectivity index (χ1v) is 5.79. The second-order valence-corrected chi connectivity index (χ2v) is 3.74. The Bertz CT molecular complexity index is 518. The number of tetrazole rings is 1. The van der Waals surface area contributed by atoms with Gasteiger partial charge in [0.25, 0.3) is 0 Å². The van der Waals surface area contributed by atoms with Crippen LogP contribution in [-0.4, -0.2) is 33.6 Å². The van der Waals surface area contributed by atoms with Crippen LogP contribution in [-0.2, 0) is 6.42 Å². The van der Waals surface area contributed by atoms with Gasteiger partial charge in [-0.25, -0.2) is 0 Å². The average molecular weight is 245 g/mol. The molecule has 18 heavy (non-hydrogen) atoms. The molecule has 1 aromatic heterocycles. The van der Waals surface area contributed by atoms with E-state index in [1.807, 2.05) is 24.3 Å². The Kier molecular flexibility index (Phi) is 4.01. The summed E-state index contributed by atoms with van der Waals surface area (Å²) in [7, 11) is 1.64. The van der Waals surface area contributed by atoms with E-state index in [9.17, 15) is 0 Å². The summed E-state index contributed by atoms with van der Waals surface area (Å²) in [5.74, 6) is 1.53. The molecule has 0 spiro atoms. The topological polar surface area (TPSA) is 65.2 Å². The van der Waals surface area contributed by atoms with Crippen molar-refractivity contribution >= 4 is 6.21 Å². The Morgan fingerprint density at radius 3 is 2.78 bits per heavy atom. The molecule has 6 heteroatoms. The third-order valence-corrected chi connectivity index (χ3v) is 2.34. The van der Waals surface area contributed by atoms with Crippen LogP contribution in [0.4, 0.5) is 0 Å². The summed E-state index contributed by atoms with van der Waals surface area (Å²) in [6.45, 7) is 2.07. The molecule has 0 fully saturated rings. The highest BCUT2D eigenvalue weighted by molar-refractivity contribution is 5.79. The second kappa shape index (κ2) is 5.90. The van der Waals surface area contributed by atoms with Crippen molar-refractivity contribution in [3.8, 4) is 5.75 Å². The van der Waals surface area contributed by atoms with E-state index in [0.717, 1.165) is 24.2 Å². The van der Waals surface area contributed by atoms with Gasteiger partial charge in [0.1, 0.15) is 5.75 Å². The third kappa shape index (κ3) is 3.13. The van der Waals surface area contributed by atoms with Crippen molar-refractivity contribution in [3.63, 3.8) is 0 Å². The molecule has 0 unspecified atom stereocenters. The van der Waals surface area contributed by atoms with Gasteiger partial charge in [-0.05, 0) is 46.4 Å². The summed E-state index contributed by atoms with van der Waals surface area (Å²) >= 11 is 0. The molecule has 2 rings (SSSR count). The van der Waals surface area contributed by atoms with Gasteiger partial charge in [0.05, 0.1) is 13.3 Å². The number of methoxy groups -OCH3 is 1. The van der Waals surface area contributed by atoms with Crippen LogP contribution >= 0.6 is 0 Å². The molecule has 1 heterocycles. The van der Waals surface area contributed by atoms with E-state index in [4.69, 9.17) is 4.74 Å². The minimum absolute atomic E-state index is 0.712. The van der Waals surface area contributed by atoms with Crippen molar-refractivity contribution in [1.82, 2.24) is 20.3 Å². The van der Waals surface area contributed by atoms with Gasteiger partial charge < -0.3 is 4.74 Å². The van der Waals surface area contributed by atoms with Gasteiger partial charge in [-0.2, -0.15) is 0 Å². The number of hydrogen-bond acceptors (Lipinski definition) is 5. The van der Waals surface area contributed by atoms with Crippen LogP contribution in [0.5, 0.6) is 5.75 Å². The van der Waals surface area contributed by atoms with Gasteiger partial charge in [0, 0.05) is 6.42 Å². The number of aryl methyl sites for hydroxylation is 1. The molecule has 1 aromatic carbocycles. The van der Waals surface area contributed by atoms with Gasteiger partial charge in [0.15, 0.2) is 5.82 Å². The first kappa shape index (κ1) is 12.2. The zero-order valence-electron chi connectivity index (χ0n) is 10.4. The normalized spacial score (nSPS) is 11.0. The minimum atomic E-state index is 0.712. The lowest BCUT2D eigenvalue weighted by molar-refractivity contribution is 0.415. The highest BCUT2D eigenvalue weighted by Gasteiger charge is 1.99. The van der Waals surface area contributed by atoms with Crippen molar-refractivity contribution in [2.24, 2.45) is 5.10 Å². The predicted molar refractivity (Wildman–Crippen MR) is 67.8 cm³/mol. The zero-order valence-corrected chi connectivity index (χ0v) is 10.4. The maximum Gasteiger partial charge on any atom is 0.177 e. The van der Waals surface area contributed by atoms with E-state index < -0.39 is 0 Å². The van der Waals surface area contributed by atoms with Crippen molar-refractivity contribution in [2.45, 2.75) is 19.8 Å². The van der Waals surface area contributed by atoms with Crippen molar-refractivity contribution < 1.29 is 4.74 Å². The molecule has 0 N–H and O–H groups in total. The molecule has 0 aliphatic carbocycles. The van der Waals surface area contributed by atoms with Crippen molar-refractivity contribution in [1.29, 1.82) is 0 Å². The first-order chi connectivity index (χ1) is 8.81. The molecule has 0 saturated heterocycles. The number of aromatic nitrogens is 4. The Hall–Kier alpha value is -2.24. The molecule has 0 aliphatic rings. The van der Waals surface area contributed by atoms with E-state index in [1.54, 1.807) is 13.3 Å². The molecule has 0 radical (unpaired) electrons. The fourth-order valence-electron chi connectivity index (χ4n) is 1.42. The molecule has 0 bridgehead atoms. The molecule has 0 amide bonds. The molecule has 94 valence electrons. The minimum Gasteiger partial charge on any atom is -0.497 e. The van der Waals surface area contributed by atoms with Gasteiger partial charge in [-0.15, -0.1) is 15.3 Å². The standard InChI is InChI=1S/C12H15N5O/c1-3-4-12-14-16-17(15-12)13-9-10-5-7-11(18-2)8-6-10/h5-9H,3-4H2,1-2H3. The van der Waals surface area contributed by atoms with Crippen LogP contribution in [0.25, 0.3) is 0 Å². The fourth-order valence-corrected chi connectivity index (χ4v) is 1.42.